The third kappa shape index (κ3) is 3.74. The number of nitrogens with zero attached hydrogens (tertiary/aromatic N) is 1. The third-order valence-electron chi connectivity index (χ3n) is 4.26. The maximum Gasteiger partial charge on any atom is 0.228 e. The van der Waals surface area contributed by atoms with Gasteiger partial charge in [-0.2, -0.15) is 27.0 Å². The van der Waals surface area contributed by atoms with E-state index in [2.05, 4.69) is 22.4 Å². The Bertz CT molecular complexity index is 839. The molecule has 124 valence electrons. The minimum Gasteiger partial charge on any atom is -0.326 e. The fourth-order valence-corrected chi connectivity index (χ4v) is 2.95. The van der Waals surface area contributed by atoms with Crippen LogP contribution in [0.1, 0.15) is 17.9 Å². The molecule has 0 spiro atoms. The summed E-state index contributed by atoms with van der Waals surface area (Å²) in [6, 6.07) is 18.1. The number of aromatic nitrogens is 1. The highest BCUT2D eigenvalue weighted by molar-refractivity contribution is 7.59. The van der Waals surface area contributed by atoms with Crippen LogP contribution >= 0.6 is 27.0 Å². The van der Waals surface area contributed by atoms with Crippen LogP contribution in [0.4, 0.5) is 5.69 Å². The Morgan fingerprint density at radius 2 is 1.79 bits per heavy atom. The molecule has 4 rings (SSSR count). The summed E-state index contributed by atoms with van der Waals surface area (Å²) in [5.41, 5.74) is 2.11. The van der Waals surface area contributed by atoms with Crippen molar-refractivity contribution >= 4 is 49.4 Å². The number of pyridine rings is 1. The number of amides is 1. The standard InChI is InChI=1S/C19H16N2O.2H2S/c22-19(18-11-17(18)13-4-2-1-3-5-13)21-16-7-6-15-12-20-9-8-14(15)10-16;;/h1-10,12,17-18H,11H2,(H,21,22);2*1H2/t17-,18+;;/m1../s1. The molecule has 5 heteroatoms. The Labute approximate surface area is 155 Å². The van der Waals surface area contributed by atoms with E-state index in [0.717, 1.165) is 22.9 Å². The van der Waals surface area contributed by atoms with Crippen molar-refractivity contribution in [1.82, 2.24) is 4.98 Å². The van der Waals surface area contributed by atoms with Crippen LogP contribution in [0.3, 0.4) is 0 Å². The molecule has 1 aliphatic carbocycles. The minimum atomic E-state index is 0. The van der Waals surface area contributed by atoms with Gasteiger partial charge in [-0.15, -0.1) is 0 Å². The fraction of sp³-hybridized carbons (Fsp3) is 0.158. The van der Waals surface area contributed by atoms with Crippen LogP contribution in [0.5, 0.6) is 0 Å². The van der Waals surface area contributed by atoms with E-state index in [9.17, 15) is 4.79 Å². The van der Waals surface area contributed by atoms with Crippen LogP contribution in [-0.4, -0.2) is 10.9 Å². The maximum absolute atomic E-state index is 12.4. The van der Waals surface area contributed by atoms with Gasteiger partial charge < -0.3 is 5.32 Å². The normalized spacial score (nSPS) is 18.2. The molecule has 1 aromatic heterocycles. The molecule has 2 atom stereocenters. The van der Waals surface area contributed by atoms with Crippen molar-refractivity contribution in [3.63, 3.8) is 0 Å². The van der Waals surface area contributed by atoms with Crippen molar-refractivity contribution < 1.29 is 4.79 Å². The molecule has 0 unspecified atom stereocenters. The van der Waals surface area contributed by atoms with E-state index in [0.29, 0.717) is 5.92 Å². The molecule has 0 radical (unpaired) electrons. The van der Waals surface area contributed by atoms with E-state index < -0.39 is 0 Å². The van der Waals surface area contributed by atoms with Crippen LogP contribution in [0.15, 0.2) is 67.0 Å². The molecule has 3 nitrogen and oxygen atoms in total. The van der Waals surface area contributed by atoms with Gasteiger partial charge in [-0.1, -0.05) is 36.4 Å². The summed E-state index contributed by atoms with van der Waals surface area (Å²) in [7, 11) is 0. The molecule has 1 saturated carbocycles. The molecule has 3 aromatic rings. The predicted octanol–water partition coefficient (Wildman–Crippen LogP) is 4.20. The van der Waals surface area contributed by atoms with Crippen molar-refractivity contribution in [2.24, 2.45) is 5.92 Å². The molecule has 24 heavy (non-hydrogen) atoms. The van der Waals surface area contributed by atoms with Crippen molar-refractivity contribution in [3.05, 3.63) is 72.6 Å². The quantitative estimate of drug-likeness (QED) is 0.764. The molecule has 1 N–H and O–H groups in total. The lowest BCUT2D eigenvalue weighted by Gasteiger charge is -2.06. The van der Waals surface area contributed by atoms with Gasteiger partial charge in [-0.3, -0.25) is 9.78 Å². The second kappa shape index (κ2) is 7.73. The number of anilines is 1. The summed E-state index contributed by atoms with van der Waals surface area (Å²) in [5, 5.41) is 5.20. The van der Waals surface area contributed by atoms with Crippen molar-refractivity contribution in [2.75, 3.05) is 5.32 Å². The van der Waals surface area contributed by atoms with Crippen LogP contribution in [-0.2, 0) is 4.79 Å². The van der Waals surface area contributed by atoms with Gasteiger partial charge in [0, 0.05) is 29.4 Å². The van der Waals surface area contributed by atoms with Gasteiger partial charge in [0.2, 0.25) is 5.91 Å². The molecule has 0 aliphatic heterocycles. The number of hydrogen-bond acceptors (Lipinski definition) is 2. The summed E-state index contributed by atoms with van der Waals surface area (Å²) >= 11 is 0. The van der Waals surface area contributed by atoms with Gasteiger partial charge in [0.15, 0.2) is 0 Å². The summed E-state index contributed by atoms with van der Waals surface area (Å²) in [5.74, 6) is 0.573. The highest BCUT2D eigenvalue weighted by atomic mass is 32.1. The fourth-order valence-electron chi connectivity index (χ4n) is 2.95. The summed E-state index contributed by atoms with van der Waals surface area (Å²) in [6.45, 7) is 0. The number of hydrogen-bond donors (Lipinski definition) is 1. The number of nitrogens with one attached hydrogen (secondary N) is 1. The first-order valence-corrected chi connectivity index (χ1v) is 7.51. The minimum absolute atomic E-state index is 0. The van der Waals surface area contributed by atoms with Crippen molar-refractivity contribution in [1.29, 1.82) is 0 Å². The van der Waals surface area contributed by atoms with Gasteiger partial charge in [-0.05, 0) is 41.5 Å². The van der Waals surface area contributed by atoms with E-state index >= 15 is 0 Å². The topological polar surface area (TPSA) is 42.0 Å². The monoisotopic (exact) mass is 356 g/mol. The first-order valence-electron chi connectivity index (χ1n) is 7.51. The number of fused-ring (bicyclic) bond motifs is 1. The second-order valence-electron chi connectivity index (χ2n) is 5.79. The highest BCUT2D eigenvalue weighted by Crippen LogP contribution is 2.47. The number of rotatable bonds is 3. The average molecular weight is 357 g/mol. The van der Waals surface area contributed by atoms with E-state index in [-0.39, 0.29) is 38.8 Å². The van der Waals surface area contributed by atoms with E-state index in [1.165, 1.54) is 5.56 Å². The van der Waals surface area contributed by atoms with Gasteiger partial charge in [0.25, 0.3) is 0 Å². The molecule has 1 amide bonds. The van der Waals surface area contributed by atoms with E-state index in [4.69, 9.17) is 0 Å². The Morgan fingerprint density at radius 3 is 2.58 bits per heavy atom. The van der Waals surface area contributed by atoms with Crippen molar-refractivity contribution in [2.45, 2.75) is 12.3 Å². The molecule has 2 aromatic carbocycles. The zero-order valence-corrected chi connectivity index (χ0v) is 15.1. The van der Waals surface area contributed by atoms with Gasteiger partial charge in [0.1, 0.15) is 0 Å². The van der Waals surface area contributed by atoms with E-state index in [1.807, 2.05) is 48.7 Å². The average Bonchev–Trinajstić information content (AvgIpc) is 3.36. The number of benzene rings is 2. The SMILES string of the molecule is O=C(Nc1ccc2cnccc2c1)[C@H]1C[C@@H]1c1ccccc1.S.S. The largest absolute Gasteiger partial charge is 0.326 e. The molecule has 0 saturated heterocycles. The Hall–Kier alpha value is -1.98. The third-order valence-corrected chi connectivity index (χ3v) is 4.26. The van der Waals surface area contributed by atoms with Gasteiger partial charge in [-0.25, -0.2) is 0 Å². The molecular weight excluding hydrogens is 336 g/mol. The first kappa shape index (κ1) is 18.4. The number of carbonyl (C=O) groups excluding carboxylic acids is 1. The molecule has 1 fully saturated rings. The summed E-state index contributed by atoms with van der Waals surface area (Å²) < 4.78 is 0. The lowest BCUT2D eigenvalue weighted by atomic mass is 10.1. The second-order valence-corrected chi connectivity index (χ2v) is 5.79. The van der Waals surface area contributed by atoms with Crippen LogP contribution in [0, 0.1) is 5.92 Å². The summed E-state index contributed by atoms with van der Waals surface area (Å²) in [6.07, 6.45) is 4.53. The van der Waals surface area contributed by atoms with Gasteiger partial charge >= 0.3 is 0 Å². The lowest BCUT2D eigenvalue weighted by Crippen LogP contribution is -2.14. The molecular formula is C19H20N2OS2. The maximum atomic E-state index is 12.4. The van der Waals surface area contributed by atoms with Gasteiger partial charge in [0.05, 0.1) is 0 Å². The highest BCUT2D eigenvalue weighted by Gasteiger charge is 2.43. The molecule has 0 bridgehead atoms. The lowest BCUT2D eigenvalue weighted by molar-refractivity contribution is -0.117. The summed E-state index contributed by atoms with van der Waals surface area (Å²) in [4.78, 5) is 16.5. The Balaban J connectivity index is 0.00000104. The Kier molecular flexibility index (Phi) is 5.91. The predicted molar refractivity (Wildman–Crippen MR) is 108 cm³/mol. The van der Waals surface area contributed by atoms with Crippen molar-refractivity contribution in [3.8, 4) is 0 Å². The Morgan fingerprint density at radius 1 is 1.00 bits per heavy atom. The zero-order valence-electron chi connectivity index (χ0n) is 13.1. The smallest absolute Gasteiger partial charge is 0.228 e. The van der Waals surface area contributed by atoms with Crippen LogP contribution in [0.25, 0.3) is 10.8 Å². The van der Waals surface area contributed by atoms with Crippen LogP contribution < -0.4 is 5.32 Å². The molecule has 1 heterocycles. The van der Waals surface area contributed by atoms with Crippen LogP contribution in [0.2, 0.25) is 0 Å². The molecule has 1 aliphatic rings. The first-order chi connectivity index (χ1) is 10.8. The zero-order chi connectivity index (χ0) is 14.9. The van der Waals surface area contributed by atoms with E-state index in [1.54, 1.807) is 6.20 Å². The number of carbonyl (C=O) groups is 1.